The van der Waals surface area contributed by atoms with Crippen LogP contribution in [0.3, 0.4) is 0 Å². The number of fused-ring (bicyclic) bond motifs is 1. The quantitative estimate of drug-likeness (QED) is 0.589. The molecule has 1 spiro atoms. The van der Waals surface area contributed by atoms with E-state index in [2.05, 4.69) is 0 Å². The predicted molar refractivity (Wildman–Crippen MR) is 104 cm³/mol. The number of halogens is 3. The molecular formula is C20H22ClF2N3O3. The first-order chi connectivity index (χ1) is 13.8. The third-order valence-electron chi connectivity index (χ3n) is 6.91. The highest BCUT2D eigenvalue weighted by atomic mass is 35.5. The Morgan fingerprint density at radius 3 is 2.55 bits per heavy atom. The van der Waals surface area contributed by atoms with Crippen LogP contribution in [-0.4, -0.2) is 56.0 Å². The maximum absolute atomic E-state index is 15.3. The number of anilines is 2. The monoisotopic (exact) mass is 425 g/mol. The first kappa shape index (κ1) is 19.1. The van der Waals surface area contributed by atoms with Crippen molar-refractivity contribution in [3.8, 4) is 5.75 Å². The van der Waals surface area contributed by atoms with E-state index in [4.69, 9.17) is 22.1 Å². The largest absolute Gasteiger partial charge is 0.492 e. The van der Waals surface area contributed by atoms with E-state index in [-0.39, 0.29) is 41.4 Å². The highest BCUT2D eigenvalue weighted by molar-refractivity contribution is 6.66. The molecule has 2 aliphatic heterocycles. The number of Topliss-reactive ketones (excluding diaryl/α,β-unsaturated/α-hetero) is 1. The molecule has 1 unspecified atom stereocenters. The highest BCUT2D eigenvalue weighted by Crippen LogP contribution is 2.56. The highest BCUT2D eigenvalue weighted by Gasteiger charge is 2.55. The van der Waals surface area contributed by atoms with Crippen molar-refractivity contribution >= 4 is 34.0 Å². The minimum Gasteiger partial charge on any atom is -0.492 e. The van der Waals surface area contributed by atoms with Gasteiger partial charge in [-0.1, -0.05) is 0 Å². The molecule has 0 bridgehead atoms. The van der Waals surface area contributed by atoms with Crippen LogP contribution in [0.1, 0.15) is 29.6 Å². The molecule has 2 aliphatic carbocycles. The summed E-state index contributed by atoms with van der Waals surface area (Å²) in [5.74, 6) is -2.14. The van der Waals surface area contributed by atoms with Gasteiger partial charge in [0.05, 0.1) is 18.8 Å². The summed E-state index contributed by atoms with van der Waals surface area (Å²) in [5, 5.41) is -0.827. The number of hydrogen-bond donors (Lipinski definition) is 1. The van der Waals surface area contributed by atoms with Gasteiger partial charge in [-0.05, 0) is 30.5 Å². The molecule has 1 aromatic rings. The lowest BCUT2D eigenvalue weighted by atomic mass is 9.90. The number of ether oxygens (including phenoxy) is 1. The lowest BCUT2D eigenvalue weighted by Crippen LogP contribution is -2.44. The van der Waals surface area contributed by atoms with Crippen molar-refractivity contribution in [1.29, 1.82) is 0 Å². The Hall–Kier alpha value is -1.93. The van der Waals surface area contributed by atoms with E-state index in [0.717, 1.165) is 18.9 Å². The van der Waals surface area contributed by atoms with Crippen LogP contribution in [-0.2, 0) is 4.79 Å². The van der Waals surface area contributed by atoms with E-state index >= 15 is 4.39 Å². The molecule has 0 radical (unpaired) electrons. The zero-order chi connectivity index (χ0) is 20.7. The number of nitrogens with two attached hydrogens (primary N) is 1. The maximum atomic E-state index is 15.3. The molecule has 4 aliphatic rings. The third kappa shape index (κ3) is 2.75. The normalized spacial score (nSPS) is 31.8. The van der Waals surface area contributed by atoms with E-state index < -0.39 is 35.0 Å². The molecule has 2 heterocycles. The number of carbonyl (C=O) groups excluding carboxylic acids is 2. The number of rotatable bonds is 4. The van der Waals surface area contributed by atoms with Crippen molar-refractivity contribution in [3.63, 3.8) is 0 Å². The second-order valence-corrected chi connectivity index (χ2v) is 9.05. The van der Waals surface area contributed by atoms with Gasteiger partial charge in [0.2, 0.25) is 5.24 Å². The van der Waals surface area contributed by atoms with Crippen LogP contribution in [0.4, 0.5) is 20.2 Å². The van der Waals surface area contributed by atoms with Crippen molar-refractivity contribution in [2.24, 2.45) is 17.1 Å². The van der Waals surface area contributed by atoms with Gasteiger partial charge in [-0.25, -0.2) is 8.78 Å². The van der Waals surface area contributed by atoms with Gasteiger partial charge in [-0.3, -0.25) is 9.59 Å². The standard InChI is InChI=1S/C20H22ClF2N3O3/c1-29-18-15-9(17(27)10(19(21)28)6-26(15)13-5-11(13)22)4-12(23)16(18)25-7-14(24)20(8-25)2-3-20/h4,10-11,13-14H,2-3,5-8,24H2,1H3/t10?,11-,13+,14+/m0/s1. The molecule has 1 aromatic carbocycles. The second kappa shape index (κ2) is 6.28. The number of hydrogen-bond acceptors (Lipinski definition) is 6. The number of ketones is 1. The molecular weight excluding hydrogens is 404 g/mol. The van der Waals surface area contributed by atoms with Gasteiger partial charge in [-0.15, -0.1) is 0 Å². The number of benzene rings is 1. The van der Waals surface area contributed by atoms with Gasteiger partial charge in [0.1, 0.15) is 17.8 Å². The summed E-state index contributed by atoms with van der Waals surface area (Å²) in [5.41, 5.74) is 6.90. The fraction of sp³-hybridized carbons (Fsp3) is 0.600. The summed E-state index contributed by atoms with van der Waals surface area (Å²) >= 11 is 5.62. The van der Waals surface area contributed by atoms with Crippen LogP contribution in [0.2, 0.25) is 0 Å². The van der Waals surface area contributed by atoms with Crippen molar-refractivity contribution in [1.82, 2.24) is 0 Å². The minimum atomic E-state index is -1.15. The van der Waals surface area contributed by atoms with Crippen molar-refractivity contribution in [2.45, 2.75) is 37.5 Å². The Morgan fingerprint density at radius 1 is 1.34 bits per heavy atom. The summed E-state index contributed by atoms with van der Waals surface area (Å²) in [6.07, 6.45) is 1.23. The van der Waals surface area contributed by atoms with Crippen molar-refractivity contribution < 1.29 is 23.1 Å². The van der Waals surface area contributed by atoms with Crippen LogP contribution in [0.25, 0.3) is 0 Å². The van der Waals surface area contributed by atoms with E-state index in [1.807, 2.05) is 4.90 Å². The Labute approximate surface area is 171 Å². The summed E-state index contributed by atoms with van der Waals surface area (Å²) < 4.78 is 34.8. The Morgan fingerprint density at radius 2 is 2.03 bits per heavy atom. The van der Waals surface area contributed by atoms with Crippen LogP contribution in [0.5, 0.6) is 5.75 Å². The summed E-state index contributed by atoms with van der Waals surface area (Å²) in [7, 11) is 1.41. The molecule has 156 valence electrons. The summed E-state index contributed by atoms with van der Waals surface area (Å²) in [6.45, 7) is 1.06. The Kier molecular flexibility index (Phi) is 4.13. The van der Waals surface area contributed by atoms with Crippen LogP contribution >= 0.6 is 11.6 Å². The zero-order valence-corrected chi connectivity index (χ0v) is 16.7. The van der Waals surface area contributed by atoms with E-state index in [1.54, 1.807) is 4.90 Å². The molecule has 0 amide bonds. The van der Waals surface area contributed by atoms with Crippen molar-refractivity contribution in [2.75, 3.05) is 36.5 Å². The first-order valence-electron chi connectivity index (χ1n) is 9.82. The van der Waals surface area contributed by atoms with Gasteiger partial charge in [0.15, 0.2) is 17.3 Å². The van der Waals surface area contributed by atoms with Gasteiger partial charge in [0.25, 0.3) is 0 Å². The molecule has 6 nitrogen and oxygen atoms in total. The lowest BCUT2D eigenvalue weighted by molar-refractivity contribution is -0.113. The second-order valence-electron chi connectivity index (χ2n) is 8.68. The molecule has 4 atom stereocenters. The summed E-state index contributed by atoms with van der Waals surface area (Å²) in [4.78, 5) is 28.2. The molecule has 5 rings (SSSR count). The first-order valence-corrected chi connectivity index (χ1v) is 10.2. The maximum Gasteiger partial charge on any atom is 0.234 e. The Bertz CT molecular complexity index is 923. The van der Waals surface area contributed by atoms with E-state index in [9.17, 15) is 14.0 Å². The fourth-order valence-corrected chi connectivity index (χ4v) is 5.10. The third-order valence-corrected chi connectivity index (χ3v) is 7.17. The predicted octanol–water partition coefficient (Wildman–Crippen LogP) is 2.26. The Balaban J connectivity index is 1.65. The number of methoxy groups -OCH3 is 1. The van der Waals surface area contributed by atoms with Gasteiger partial charge < -0.3 is 20.3 Å². The molecule has 29 heavy (non-hydrogen) atoms. The topological polar surface area (TPSA) is 75.9 Å². The molecule has 1 saturated heterocycles. The van der Waals surface area contributed by atoms with Crippen LogP contribution in [0.15, 0.2) is 6.07 Å². The molecule has 2 N–H and O–H groups in total. The molecule has 2 saturated carbocycles. The van der Waals surface area contributed by atoms with Crippen LogP contribution < -0.4 is 20.3 Å². The fourth-order valence-electron chi connectivity index (χ4n) is 4.93. The average molecular weight is 426 g/mol. The number of alkyl halides is 1. The van der Waals surface area contributed by atoms with Gasteiger partial charge in [0, 0.05) is 43.1 Å². The smallest absolute Gasteiger partial charge is 0.234 e. The van der Waals surface area contributed by atoms with E-state index in [1.165, 1.54) is 7.11 Å². The van der Waals surface area contributed by atoms with Gasteiger partial charge >= 0.3 is 0 Å². The van der Waals surface area contributed by atoms with Crippen LogP contribution in [0, 0.1) is 17.2 Å². The molecule has 0 aromatic heterocycles. The molecule has 9 heteroatoms. The van der Waals surface area contributed by atoms with E-state index in [0.29, 0.717) is 18.8 Å². The minimum absolute atomic E-state index is 0.0112. The number of carbonyl (C=O) groups is 2. The lowest BCUT2D eigenvalue weighted by Gasteiger charge is -2.36. The van der Waals surface area contributed by atoms with Gasteiger partial charge in [-0.2, -0.15) is 0 Å². The zero-order valence-electron chi connectivity index (χ0n) is 16.0. The average Bonchev–Trinajstić information content (AvgIpc) is 3.56. The van der Waals surface area contributed by atoms with Crippen molar-refractivity contribution in [3.05, 3.63) is 17.4 Å². The summed E-state index contributed by atoms with van der Waals surface area (Å²) in [6, 6.07) is 0.591. The molecule has 3 fully saturated rings. The SMILES string of the molecule is COc1c(N2C[C@@H](N)C3(CC3)C2)c(F)cc2c1N([C@@H]1C[C@@H]1F)CC(C(=O)Cl)C2=O. The number of nitrogens with zero attached hydrogens (tertiary/aromatic N) is 2.